The van der Waals surface area contributed by atoms with Gasteiger partial charge in [-0.1, -0.05) is 24.3 Å². The van der Waals surface area contributed by atoms with Crippen LogP contribution < -0.4 is 10.2 Å². The van der Waals surface area contributed by atoms with Crippen LogP contribution in [0.4, 0.5) is 10.1 Å². The number of nitrogens with one attached hydrogen (secondary N) is 1. The van der Waals surface area contributed by atoms with Crippen molar-refractivity contribution in [2.45, 2.75) is 20.4 Å². The summed E-state index contributed by atoms with van der Waals surface area (Å²) < 4.78 is 12.9. The topological polar surface area (TPSA) is 52.7 Å². The van der Waals surface area contributed by atoms with Crippen LogP contribution in [-0.4, -0.2) is 42.9 Å². The van der Waals surface area contributed by atoms with Gasteiger partial charge < -0.3 is 15.1 Å². The first-order valence-electron chi connectivity index (χ1n) is 9.08. The number of hydrogen-bond acceptors (Lipinski definition) is 3. The second-order valence-electron chi connectivity index (χ2n) is 6.81. The normalized spacial score (nSPS) is 14.2. The summed E-state index contributed by atoms with van der Waals surface area (Å²) in [7, 11) is 0. The maximum Gasteiger partial charge on any atom is 0.312 e. The molecule has 2 aromatic carbocycles. The number of rotatable bonds is 3. The van der Waals surface area contributed by atoms with Crippen molar-refractivity contribution >= 4 is 17.5 Å². The molecule has 1 N–H and O–H groups in total. The van der Waals surface area contributed by atoms with E-state index in [0.29, 0.717) is 26.2 Å². The van der Waals surface area contributed by atoms with E-state index in [4.69, 9.17) is 0 Å². The Balaban J connectivity index is 1.52. The summed E-state index contributed by atoms with van der Waals surface area (Å²) in [5.41, 5.74) is 4.42. The molecule has 0 radical (unpaired) electrons. The summed E-state index contributed by atoms with van der Waals surface area (Å²) in [6.45, 7) is 6.80. The SMILES string of the molecule is Cc1cccc(N2CCN(C(=O)C(=O)NCc3ccc(F)cc3)CC2)c1C. The summed E-state index contributed by atoms with van der Waals surface area (Å²) in [5.74, 6) is -1.47. The molecule has 2 amide bonds. The van der Waals surface area contributed by atoms with E-state index in [1.165, 1.54) is 28.9 Å². The smallest absolute Gasteiger partial charge is 0.312 e. The molecule has 1 fully saturated rings. The summed E-state index contributed by atoms with van der Waals surface area (Å²) in [6, 6.07) is 12.1. The van der Waals surface area contributed by atoms with E-state index in [0.717, 1.165) is 5.56 Å². The van der Waals surface area contributed by atoms with Gasteiger partial charge in [-0.3, -0.25) is 9.59 Å². The maximum absolute atomic E-state index is 12.9. The van der Waals surface area contributed by atoms with E-state index in [-0.39, 0.29) is 12.4 Å². The molecule has 0 aromatic heterocycles. The highest BCUT2D eigenvalue weighted by Gasteiger charge is 2.26. The van der Waals surface area contributed by atoms with Crippen molar-refractivity contribution in [1.82, 2.24) is 10.2 Å². The summed E-state index contributed by atoms with van der Waals surface area (Å²) in [6.07, 6.45) is 0. The Morgan fingerprint density at radius 2 is 1.67 bits per heavy atom. The highest BCUT2D eigenvalue weighted by atomic mass is 19.1. The van der Waals surface area contributed by atoms with Crippen molar-refractivity contribution in [2.24, 2.45) is 0 Å². The molecule has 1 aliphatic rings. The standard InChI is InChI=1S/C21H24FN3O2/c1-15-4-3-5-19(16(15)2)24-10-12-25(13-11-24)21(27)20(26)23-14-17-6-8-18(22)9-7-17/h3-9H,10-14H2,1-2H3,(H,23,26). The van der Waals surface area contributed by atoms with Crippen molar-refractivity contribution < 1.29 is 14.0 Å². The molecule has 27 heavy (non-hydrogen) atoms. The van der Waals surface area contributed by atoms with Crippen molar-refractivity contribution in [3.8, 4) is 0 Å². The van der Waals surface area contributed by atoms with Gasteiger partial charge in [0.2, 0.25) is 0 Å². The fourth-order valence-electron chi connectivity index (χ4n) is 3.23. The highest BCUT2D eigenvalue weighted by molar-refractivity contribution is 6.35. The molecule has 1 saturated heterocycles. The fourth-order valence-corrected chi connectivity index (χ4v) is 3.23. The van der Waals surface area contributed by atoms with Crippen LogP contribution in [0.25, 0.3) is 0 Å². The Morgan fingerprint density at radius 3 is 2.33 bits per heavy atom. The lowest BCUT2D eigenvalue weighted by atomic mass is 10.1. The molecule has 142 valence electrons. The molecule has 5 nitrogen and oxygen atoms in total. The average molecular weight is 369 g/mol. The number of halogens is 1. The van der Waals surface area contributed by atoms with E-state index in [9.17, 15) is 14.0 Å². The molecule has 0 atom stereocenters. The first-order valence-corrected chi connectivity index (χ1v) is 9.08. The maximum atomic E-state index is 12.9. The van der Waals surface area contributed by atoms with Gasteiger partial charge in [0.1, 0.15) is 5.82 Å². The number of piperazine rings is 1. The number of carbonyl (C=O) groups is 2. The molecule has 0 unspecified atom stereocenters. The van der Waals surface area contributed by atoms with Crippen molar-refractivity contribution in [3.05, 3.63) is 65.0 Å². The molecule has 3 rings (SSSR count). The first kappa shape index (κ1) is 18.9. The second kappa shape index (κ2) is 8.20. The van der Waals surface area contributed by atoms with Crippen LogP contribution in [0.1, 0.15) is 16.7 Å². The van der Waals surface area contributed by atoms with Crippen LogP contribution in [0.3, 0.4) is 0 Å². The third-order valence-corrected chi connectivity index (χ3v) is 5.04. The number of amides is 2. The van der Waals surface area contributed by atoms with Crippen LogP contribution in [0.5, 0.6) is 0 Å². The molecule has 0 saturated carbocycles. The number of anilines is 1. The monoisotopic (exact) mass is 369 g/mol. The van der Waals surface area contributed by atoms with Gasteiger partial charge in [-0.05, 0) is 48.7 Å². The first-order chi connectivity index (χ1) is 13.0. The quantitative estimate of drug-likeness (QED) is 0.846. The summed E-state index contributed by atoms with van der Waals surface area (Å²) in [5, 5.41) is 2.61. The Labute approximate surface area is 158 Å². The molecule has 2 aromatic rings. The molecule has 6 heteroatoms. The molecule has 0 bridgehead atoms. The van der Waals surface area contributed by atoms with Crippen LogP contribution >= 0.6 is 0 Å². The van der Waals surface area contributed by atoms with Crippen molar-refractivity contribution in [3.63, 3.8) is 0 Å². The van der Waals surface area contributed by atoms with Crippen LogP contribution in [0.15, 0.2) is 42.5 Å². The van der Waals surface area contributed by atoms with Crippen molar-refractivity contribution in [1.29, 1.82) is 0 Å². The van der Waals surface area contributed by atoms with Gasteiger partial charge in [-0.25, -0.2) is 4.39 Å². The zero-order valence-electron chi connectivity index (χ0n) is 15.7. The molecule has 0 spiro atoms. The molecular weight excluding hydrogens is 345 g/mol. The summed E-state index contributed by atoms with van der Waals surface area (Å²) in [4.78, 5) is 28.4. The van der Waals surface area contributed by atoms with Gasteiger partial charge in [0.05, 0.1) is 0 Å². The minimum Gasteiger partial charge on any atom is -0.368 e. The van der Waals surface area contributed by atoms with Gasteiger partial charge >= 0.3 is 11.8 Å². The van der Waals surface area contributed by atoms with E-state index in [2.05, 4.69) is 36.2 Å². The Kier molecular flexibility index (Phi) is 5.74. The Hall–Kier alpha value is -2.89. The number of hydrogen-bond donors (Lipinski definition) is 1. The molecule has 1 heterocycles. The van der Waals surface area contributed by atoms with Gasteiger partial charge in [0, 0.05) is 38.4 Å². The van der Waals surface area contributed by atoms with Crippen LogP contribution in [0, 0.1) is 19.7 Å². The molecule has 1 aliphatic heterocycles. The summed E-state index contributed by atoms with van der Waals surface area (Å²) >= 11 is 0. The van der Waals surface area contributed by atoms with Crippen LogP contribution in [-0.2, 0) is 16.1 Å². The Bertz CT molecular complexity index is 828. The van der Waals surface area contributed by atoms with Gasteiger partial charge in [0.25, 0.3) is 0 Å². The highest BCUT2D eigenvalue weighted by Crippen LogP contribution is 2.23. The average Bonchev–Trinajstić information content (AvgIpc) is 2.69. The van der Waals surface area contributed by atoms with Crippen molar-refractivity contribution in [2.75, 3.05) is 31.1 Å². The minimum atomic E-state index is -0.625. The number of aryl methyl sites for hydroxylation is 1. The molecule has 0 aliphatic carbocycles. The number of benzene rings is 2. The predicted molar refractivity (Wildman–Crippen MR) is 103 cm³/mol. The fraction of sp³-hybridized carbons (Fsp3) is 0.333. The number of nitrogens with zero attached hydrogens (tertiary/aromatic N) is 2. The van der Waals surface area contributed by atoms with E-state index < -0.39 is 11.8 Å². The van der Waals surface area contributed by atoms with Gasteiger partial charge in [-0.2, -0.15) is 0 Å². The van der Waals surface area contributed by atoms with E-state index in [1.54, 1.807) is 17.0 Å². The van der Waals surface area contributed by atoms with E-state index in [1.807, 2.05) is 6.07 Å². The Morgan fingerprint density at radius 1 is 1.00 bits per heavy atom. The zero-order valence-corrected chi connectivity index (χ0v) is 15.7. The third kappa shape index (κ3) is 4.45. The predicted octanol–water partition coefficient (Wildman–Crippen LogP) is 2.41. The largest absolute Gasteiger partial charge is 0.368 e. The lowest BCUT2D eigenvalue weighted by molar-refractivity contribution is -0.146. The van der Waals surface area contributed by atoms with E-state index >= 15 is 0 Å². The minimum absolute atomic E-state index is 0.202. The van der Waals surface area contributed by atoms with Gasteiger partial charge in [-0.15, -0.1) is 0 Å². The van der Waals surface area contributed by atoms with Crippen LogP contribution in [0.2, 0.25) is 0 Å². The second-order valence-corrected chi connectivity index (χ2v) is 6.81. The lowest BCUT2D eigenvalue weighted by Gasteiger charge is -2.36. The number of carbonyl (C=O) groups excluding carboxylic acids is 2. The molecular formula is C21H24FN3O2. The van der Waals surface area contributed by atoms with Gasteiger partial charge in [0.15, 0.2) is 0 Å². The lowest BCUT2D eigenvalue weighted by Crippen LogP contribution is -2.52. The zero-order chi connectivity index (χ0) is 19.4. The third-order valence-electron chi connectivity index (χ3n) is 5.04.